The van der Waals surface area contributed by atoms with Crippen molar-refractivity contribution in [3.05, 3.63) is 35.9 Å². The van der Waals surface area contributed by atoms with E-state index in [1.807, 2.05) is 36.6 Å². The average Bonchev–Trinajstić information content (AvgIpc) is 2.51. The number of thioether (sulfide) groups is 1. The van der Waals surface area contributed by atoms with Gasteiger partial charge in [0.1, 0.15) is 12.1 Å². The summed E-state index contributed by atoms with van der Waals surface area (Å²) in [7, 11) is 1.30. The first-order chi connectivity index (χ1) is 10.0. The molecule has 0 unspecified atom stereocenters. The quantitative estimate of drug-likeness (QED) is 0.784. The molecule has 0 spiro atoms. The number of alkyl carbamates (subject to hydrolysis) is 1. The van der Waals surface area contributed by atoms with Gasteiger partial charge in [-0.05, 0) is 30.9 Å². The summed E-state index contributed by atoms with van der Waals surface area (Å²) in [5, 5.41) is 2.60. The first-order valence-corrected chi connectivity index (χ1v) is 7.97. The van der Waals surface area contributed by atoms with E-state index < -0.39 is 17.6 Å². The van der Waals surface area contributed by atoms with E-state index in [0.29, 0.717) is 6.42 Å². The highest BCUT2D eigenvalue weighted by Gasteiger charge is 2.36. The molecule has 0 fully saturated rings. The van der Waals surface area contributed by atoms with Gasteiger partial charge in [-0.15, -0.1) is 0 Å². The van der Waals surface area contributed by atoms with E-state index in [9.17, 15) is 9.59 Å². The zero-order chi connectivity index (χ0) is 15.7. The number of carbonyl (C=O) groups is 2. The molecule has 1 N–H and O–H groups in total. The third-order valence-corrected chi connectivity index (χ3v) is 3.65. The van der Waals surface area contributed by atoms with Gasteiger partial charge in [0.15, 0.2) is 0 Å². The SMILES string of the molecule is COC(=O)[C@](C)(CCSC)NC(=O)OCc1ccccc1. The van der Waals surface area contributed by atoms with Gasteiger partial charge in [0.25, 0.3) is 0 Å². The molecule has 1 atom stereocenters. The molecule has 5 nitrogen and oxygen atoms in total. The second-order valence-corrected chi connectivity index (χ2v) is 5.74. The topological polar surface area (TPSA) is 64.6 Å². The van der Waals surface area contributed by atoms with Gasteiger partial charge in [-0.25, -0.2) is 9.59 Å². The molecule has 1 amide bonds. The van der Waals surface area contributed by atoms with Crippen LogP contribution in [0.15, 0.2) is 30.3 Å². The number of carbonyl (C=O) groups excluding carboxylic acids is 2. The summed E-state index contributed by atoms with van der Waals surface area (Å²) in [6.07, 6.45) is 1.78. The minimum absolute atomic E-state index is 0.159. The van der Waals surface area contributed by atoms with Crippen LogP contribution in [-0.4, -0.2) is 36.7 Å². The fraction of sp³-hybridized carbons (Fsp3) is 0.467. The number of ether oxygens (including phenoxy) is 2. The van der Waals surface area contributed by atoms with Crippen molar-refractivity contribution in [1.29, 1.82) is 0 Å². The van der Waals surface area contributed by atoms with Gasteiger partial charge in [-0.1, -0.05) is 30.3 Å². The van der Waals surface area contributed by atoms with Crippen molar-refractivity contribution in [2.24, 2.45) is 0 Å². The Bertz CT molecular complexity index is 466. The lowest BCUT2D eigenvalue weighted by Gasteiger charge is -2.27. The van der Waals surface area contributed by atoms with Crippen molar-refractivity contribution in [2.75, 3.05) is 19.1 Å². The van der Waals surface area contributed by atoms with Gasteiger partial charge in [-0.2, -0.15) is 11.8 Å². The minimum atomic E-state index is -1.08. The Labute approximate surface area is 129 Å². The van der Waals surface area contributed by atoms with Crippen LogP contribution in [0.25, 0.3) is 0 Å². The lowest BCUT2D eigenvalue weighted by atomic mass is 9.99. The molecule has 0 saturated carbocycles. The molecule has 0 aliphatic heterocycles. The highest BCUT2D eigenvalue weighted by Crippen LogP contribution is 2.15. The molecule has 0 bridgehead atoms. The van der Waals surface area contributed by atoms with E-state index in [2.05, 4.69) is 5.32 Å². The third kappa shape index (κ3) is 5.67. The van der Waals surface area contributed by atoms with E-state index in [4.69, 9.17) is 9.47 Å². The zero-order valence-corrected chi connectivity index (χ0v) is 13.4. The first-order valence-electron chi connectivity index (χ1n) is 6.58. The van der Waals surface area contributed by atoms with Gasteiger partial charge in [0.2, 0.25) is 0 Å². The molecule has 1 rings (SSSR count). The molecular formula is C15H21NO4S. The lowest BCUT2D eigenvalue weighted by molar-refractivity contribution is -0.147. The Morgan fingerprint density at radius 3 is 2.52 bits per heavy atom. The molecular weight excluding hydrogens is 290 g/mol. The predicted molar refractivity (Wildman–Crippen MR) is 83.2 cm³/mol. The maximum Gasteiger partial charge on any atom is 0.408 e. The van der Waals surface area contributed by atoms with Crippen molar-refractivity contribution in [1.82, 2.24) is 5.32 Å². The predicted octanol–water partition coefficient (Wildman–Crippen LogP) is 2.60. The number of hydrogen-bond donors (Lipinski definition) is 1. The van der Waals surface area contributed by atoms with E-state index in [0.717, 1.165) is 11.3 Å². The molecule has 0 radical (unpaired) electrons. The molecule has 116 valence electrons. The van der Waals surface area contributed by atoms with E-state index in [-0.39, 0.29) is 6.61 Å². The largest absolute Gasteiger partial charge is 0.467 e. The fourth-order valence-corrected chi connectivity index (χ4v) is 2.34. The first kappa shape index (κ1) is 17.4. The number of methoxy groups -OCH3 is 1. The van der Waals surface area contributed by atoms with Gasteiger partial charge in [-0.3, -0.25) is 0 Å². The van der Waals surface area contributed by atoms with Crippen molar-refractivity contribution in [3.8, 4) is 0 Å². The highest BCUT2D eigenvalue weighted by atomic mass is 32.2. The smallest absolute Gasteiger partial charge is 0.408 e. The molecule has 21 heavy (non-hydrogen) atoms. The van der Waals surface area contributed by atoms with Crippen LogP contribution in [0.4, 0.5) is 4.79 Å². The van der Waals surface area contributed by atoms with Crippen molar-refractivity contribution >= 4 is 23.8 Å². The Morgan fingerprint density at radius 2 is 1.95 bits per heavy atom. The number of hydrogen-bond acceptors (Lipinski definition) is 5. The number of amides is 1. The third-order valence-electron chi connectivity index (χ3n) is 3.03. The molecule has 0 aromatic heterocycles. The van der Waals surface area contributed by atoms with Crippen LogP contribution in [0, 0.1) is 0 Å². The Morgan fingerprint density at radius 1 is 1.29 bits per heavy atom. The normalized spacial score (nSPS) is 13.1. The Kier molecular flexibility index (Phi) is 7.08. The van der Waals surface area contributed by atoms with Crippen LogP contribution < -0.4 is 5.32 Å². The average molecular weight is 311 g/mol. The maximum atomic E-state index is 11.9. The maximum absolute atomic E-state index is 11.9. The standard InChI is InChI=1S/C15H21NO4S/c1-15(9-10-21-3,13(17)19-2)16-14(18)20-11-12-7-5-4-6-8-12/h4-8H,9-11H2,1-3H3,(H,16,18)/t15-/m0/s1. The summed E-state index contributed by atoms with van der Waals surface area (Å²) >= 11 is 1.59. The molecule has 0 saturated heterocycles. The molecule has 0 heterocycles. The van der Waals surface area contributed by atoms with Crippen LogP contribution in [0.2, 0.25) is 0 Å². The summed E-state index contributed by atoms with van der Waals surface area (Å²) < 4.78 is 9.89. The number of benzene rings is 1. The summed E-state index contributed by atoms with van der Waals surface area (Å²) in [4.78, 5) is 23.7. The summed E-state index contributed by atoms with van der Waals surface area (Å²) in [6, 6.07) is 9.35. The molecule has 6 heteroatoms. The van der Waals surface area contributed by atoms with Gasteiger partial charge in [0, 0.05) is 0 Å². The van der Waals surface area contributed by atoms with Gasteiger partial charge in [0.05, 0.1) is 7.11 Å². The van der Waals surface area contributed by atoms with Crippen LogP contribution >= 0.6 is 11.8 Å². The van der Waals surface area contributed by atoms with E-state index in [1.54, 1.807) is 18.7 Å². The monoisotopic (exact) mass is 311 g/mol. The summed E-state index contributed by atoms with van der Waals surface area (Å²) in [5.41, 5.74) is -0.192. The van der Waals surface area contributed by atoms with Gasteiger partial charge < -0.3 is 14.8 Å². The number of nitrogens with one attached hydrogen (secondary N) is 1. The highest BCUT2D eigenvalue weighted by molar-refractivity contribution is 7.98. The molecule has 1 aromatic carbocycles. The second kappa shape index (κ2) is 8.56. The van der Waals surface area contributed by atoms with Crippen LogP contribution in [0.1, 0.15) is 18.9 Å². The van der Waals surface area contributed by atoms with Crippen molar-refractivity contribution in [2.45, 2.75) is 25.5 Å². The zero-order valence-electron chi connectivity index (χ0n) is 12.5. The lowest BCUT2D eigenvalue weighted by Crippen LogP contribution is -2.53. The second-order valence-electron chi connectivity index (χ2n) is 4.75. The van der Waals surface area contributed by atoms with E-state index in [1.165, 1.54) is 7.11 Å². The Balaban J connectivity index is 2.57. The van der Waals surface area contributed by atoms with E-state index >= 15 is 0 Å². The van der Waals surface area contributed by atoms with Crippen LogP contribution in [-0.2, 0) is 20.9 Å². The van der Waals surface area contributed by atoms with Crippen LogP contribution in [0.5, 0.6) is 0 Å². The Hall–Kier alpha value is -1.69. The van der Waals surface area contributed by atoms with Crippen molar-refractivity contribution in [3.63, 3.8) is 0 Å². The molecule has 0 aliphatic carbocycles. The van der Waals surface area contributed by atoms with Crippen molar-refractivity contribution < 1.29 is 19.1 Å². The number of rotatable bonds is 7. The van der Waals surface area contributed by atoms with Crippen LogP contribution in [0.3, 0.4) is 0 Å². The minimum Gasteiger partial charge on any atom is -0.467 e. The molecule has 0 aliphatic rings. The fourth-order valence-electron chi connectivity index (χ4n) is 1.73. The van der Waals surface area contributed by atoms with Gasteiger partial charge >= 0.3 is 12.1 Å². The number of esters is 1. The summed E-state index contributed by atoms with van der Waals surface area (Å²) in [5.74, 6) is 0.248. The summed E-state index contributed by atoms with van der Waals surface area (Å²) in [6.45, 7) is 1.80. The molecule has 1 aromatic rings.